The van der Waals surface area contributed by atoms with Gasteiger partial charge in [-0.2, -0.15) is 0 Å². The number of aromatic nitrogens is 1. The first kappa shape index (κ1) is 40.4. The van der Waals surface area contributed by atoms with Gasteiger partial charge >= 0.3 is 12.1 Å². The van der Waals surface area contributed by atoms with Crippen molar-refractivity contribution >= 4 is 75.9 Å². The fourth-order valence-electron chi connectivity index (χ4n) is 5.18. The summed E-state index contributed by atoms with van der Waals surface area (Å²) >= 11 is 15.0. The number of thioether (sulfide) groups is 1. The molecule has 3 N–H and O–H groups in total. The first-order valence-corrected chi connectivity index (χ1v) is 19.2. The molecular formula is C36H45Cl2N5O6S2. The second-order valence-corrected chi connectivity index (χ2v) is 17.1. The quantitative estimate of drug-likeness (QED) is 0.126. The monoisotopic (exact) mass is 777 g/mol. The van der Waals surface area contributed by atoms with Crippen molar-refractivity contribution < 1.29 is 28.7 Å². The number of rotatable bonds is 12. The standard InChI is InChI=1S/C36H45Cl2N5O6S2/c1-35(2,3)48-31(45)18-28(41-33(47)49-36(4,5)6)32(46)40-25-9-7-8-23(17-25)29-20-50-34(42-29)51-21-30(44)39-24-12-14-43(15-13-24)19-22-10-11-26(37)27(38)16-22/h7-11,16-17,20,24,28H,12-15,18-19,21H2,1-6H3,(H,39,44)(H,40,46)(H,41,47). The molecule has 3 amide bonds. The molecule has 1 aliphatic rings. The Morgan fingerprint density at radius 1 is 0.980 bits per heavy atom. The van der Waals surface area contributed by atoms with Crippen molar-refractivity contribution in [3.05, 3.63) is 63.5 Å². The Balaban J connectivity index is 1.28. The zero-order valence-corrected chi connectivity index (χ0v) is 32.8. The zero-order valence-electron chi connectivity index (χ0n) is 29.6. The van der Waals surface area contributed by atoms with E-state index in [1.54, 1.807) is 59.7 Å². The highest BCUT2D eigenvalue weighted by Crippen LogP contribution is 2.30. The van der Waals surface area contributed by atoms with Crippen LogP contribution in [0, 0.1) is 0 Å². The van der Waals surface area contributed by atoms with Gasteiger partial charge in [0.2, 0.25) is 11.8 Å². The number of carbonyl (C=O) groups is 4. The lowest BCUT2D eigenvalue weighted by atomic mass is 10.0. The topological polar surface area (TPSA) is 139 Å². The van der Waals surface area contributed by atoms with Crippen molar-refractivity contribution in [1.29, 1.82) is 0 Å². The summed E-state index contributed by atoms with van der Waals surface area (Å²) in [6, 6.07) is 11.6. The van der Waals surface area contributed by atoms with E-state index in [0.29, 0.717) is 21.4 Å². The van der Waals surface area contributed by atoms with Crippen molar-refractivity contribution in [1.82, 2.24) is 20.5 Å². The van der Waals surface area contributed by atoms with E-state index in [2.05, 4.69) is 20.9 Å². The molecule has 0 spiro atoms. The average molecular weight is 779 g/mol. The number of alkyl carbamates (subject to hydrolysis) is 1. The van der Waals surface area contributed by atoms with Crippen molar-refractivity contribution in [2.75, 3.05) is 24.2 Å². The molecule has 4 rings (SSSR count). The second kappa shape index (κ2) is 17.9. The molecule has 1 fully saturated rings. The van der Waals surface area contributed by atoms with E-state index in [4.69, 9.17) is 37.7 Å². The Bertz CT molecular complexity index is 1670. The summed E-state index contributed by atoms with van der Waals surface area (Å²) in [6.45, 7) is 12.8. The van der Waals surface area contributed by atoms with Crippen LogP contribution in [0.15, 0.2) is 52.2 Å². The summed E-state index contributed by atoms with van der Waals surface area (Å²) < 4.78 is 11.4. The lowest BCUT2D eigenvalue weighted by Crippen LogP contribution is -2.47. The Hall–Kier alpha value is -3.36. The van der Waals surface area contributed by atoms with Crippen LogP contribution in [0.5, 0.6) is 0 Å². The Morgan fingerprint density at radius 3 is 2.35 bits per heavy atom. The SMILES string of the molecule is CC(C)(C)OC(=O)CC(NC(=O)OC(C)(C)C)C(=O)Nc1cccc(-c2csc(SCC(=O)NC3CCN(Cc4ccc(Cl)c(Cl)c4)CC3)n2)c1. The normalized spacial score (nSPS) is 14.7. The van der Waals surface area contributed by atoms with Crippen LogP contribution < -0.4 is 16.0 Å². The maximum atomic E-state index is 13.3. The smallest absolute Gasteiger partial charge is 0.408 e. The zero-order chi connectivity index (χ0) is 37.3. The van der Waals surface area contributed by atoms with Crippen molar-refractivity contribution in [3.8, 4) is 11.3 Å². The Morgan fingerprint density at radius 2 is 1.69 bits per heavy atom. The average Bonchev–Trinajstić information content (AvgIpc) is 3.50. The minimum atomic E-state index is -1.24. The molecule has 0 radical (unpaired) electrons. The van der Waals surface area contributed by atoms with Gasteiger partial charge in [0.1, 0.15) is 17.2 Å². The van der Waals surface area contributed by atoms with Crippen LogP contribution in [-0.2, 0) is 30.4 Å². The van der Waals surface area contributed by atoms with E-state index in [1.165, 1.54) is 23.1 Å². The number of amides is 3. The highest BCUT2D eigenvalue weighted by atomic mass is 35.5. The van der Waals surface area contributed by atoms with E-state index in [-0.39, 0.29) is 24.1 Å². The van der Waals surface area contributed by atoms with Gasteiger partial charge < -0.3 is 25.4 Å². The van der Waals surface area contributed by atoms with Gasteiger partial charge in [-0.05, 0) is 84.2 Å². The highest BCUT2D eigenvalue weighted by Gasteiger charge is 2.29. The number of nitrogens with one attached hydrogen (secondary N) is 3. The fraction of sp³-hybridized carbons (Fsp3) is 0.472. The lowest BCUT2D eigenvalue weighted by Gasteiger charge is -2.32. The predicted molar refractivity (Wildman–Crippen MR) is 203 cm³/mol. The molecule has 0 bridgehead atoms. The Kier molecular flexibility index (Phi) is 14.2. The molecule has 11 nitrogen and oxygen atoms in total. The third-order valence-electron chi connectivity index (χ3n) is 7.38. The number of piperidine rings is 1. The number of hydrogen-bond acceptors (Lipinski definition) is 10. The van der Waals surface area contributed by atoms with Crippen molar-refractivity contribution in [3.63, 3.8) is 0 Å². The van der Waals surface area contributed by atoms with Crippen LogP contribution in [0.2, 0.25) is 10.0 Å². The van der Waals surface area contributed by atoms with Crippen molar-refractivity contribution in [2.45, 2.75) is 95.0 Å². The predicted octanol–water partition coefficient (Wildman–Crippen LogP) is 7.55. The molecule has 2 aromatic carbocycles. The van der Waals surface area contributed by atoms with E-state index in [1.807, 2.05) is 29.6 Å². The molecule has 3 aromatic rings. The second-order valence-electron chi connectivity index (χ2n) is 14.2. The van der Waals surface area contributed by atoms with Gasteiger partial charge in [-0.15, -0.1) is 11.3 Å². The third-order valence-corrected chi connectivity index (χ3v) is 10.1. The summed E-state index contributed by atoms with van der Waals surface area (Å²) in [5.41, 5.74) is 1.43. The number of thiazole rings is 1. The third kappa shape index (κ3) is 13.9. The van der Waals surface area contributed by atoms with Crippen LogP contribution in [-0.4, -0.2) is 75.9 Å². The molecule has 0 aliphatic carbocycles. The van der Waals surface area contributed by atoms with Gasteiger partial charge in [0.15, 0.2) is 4.34 Å². The summed E-state index contributed by atoms with van der Waals surface area (Å²) in [6.07, 6.45) is 0.514. The van der Waals surface area contributed by atoms with E-state index in [0.717, 1.165) is 47.9 Å². The van der Waals surface area contributed by atoms with E-state index in [9.17, 15) is 19.2 Å². The summed E-state index contributed by atoms with van der Waals surface area (Å²) in [5, 5.41) is 11.4. The first-order valence-electron chi connectivity index (χ1n) is 16.6. The molecular weight excluding hydrogens is 733 g/mol. The highest BCUT2D eigenvalue weighted by molar-refractivity contribution is 8.01. The van der Waals surface area contributed by atoms with Gasteiger partial charge in [0, 0.05) is 42.3 Å². The number of likely N-dealkylation sites (tertiary alicyclic amines) is 1. The molecule has 1 aromatic heterocycles. The largest absolute Gasteiger partial charge is 0.460 e. The molecule has 15 heteroatoms. The minimum absolute atomic E-state index is 0.0367. The molecule has 0 saturated carbocycles. The molecule has 1 unspecified atom stereocenters. The lowest BCUT2D eigenvalue weighted by molar-refractivity contribution is -0.156. The number of ether oxygens (including phenoxy) is 2. The van der Waals surface area contributed by atoms with Gasteiger partial charge in [-0.25, -0.2) is 9.78 Å². The van der Waals surface area contributed by atoms with E-state index >= 15 is 0 Å². The number of esters is 1. The van der Waals surface area contributed by atoms with Gasteiger partial charge in [-0.3, -0.25) is 19.3 Å². The fourth-order valence-corrected chi connectivity index (χ4v) is 7.15. The van der Waals surface area contributed by atoms with Gasteiger partial charge in [-0.1, -0.05) is 53.2 Å². The molecule has 2 heterocycles. The number of hydrogen-bond donors (Lipinski definition) is 3. The maximum Gasteiger partial charge on any atom is 0.408 e. The van der Waals surface area contributed by atoms with Crippen LogP contribution in [0.25, 0.3) is 11.3 Å². The van der Waals surface area contributed by atoms with Crippen LogP contribution in [0.4, 0.5) is 10.5 Å². The minimum Gasteiger partial charge on any atom is -0.460 e. The van der Waals surface area contributed by atoms with E-state index < -0.39 is 35.2 Å². The van der Waals surface area contributed by atoms with Crippen LogP contribution in [0.3, 0.4) is 0 Å². The number of halogens is 2. The number of benzene rings is 2. The number of carbonyl (C=O) groups excluding carboxylic acids is 4. The molecule has 1 aliphatic heterocycles. The van der Waals surface area contributed by atoms with Crippen molar-refractivity contribution in [2.24, 2.45) is 0 Å². The van der Waals surface area contributed by atoms with Gasteiger partial charge in [0.05, 0.1) is 27.9 Å². The first-order chi connectivity index (χ1) is 23.9. The van der Waals surface area contributed by atoms with Gasteiger partial charge in [0.25, 0.3) is 0 Å². The maximum absolute atomic E-state index is 13.3. The summed E-state index contributed by atoms with van der Waals surface area (Å²) in [4.78, 5) is 58.2. The molecule has 276 valence electrons. The van der Waals surface area contributed by atoms with Crippen LogP contribution in [0.1, 0.15) is 66.4 Å². The molecule has 1 atom stereocenters. The summed E-state index contributed by atoms with van der Waals surface area (Å²) in [7, 11) is 0. The number of nitrogens with zero attached hydrogens (tertiary/aromatic N) is 2. The van der Waals surface area contributed by atoms with Crippen LogP contribution >= 0.6 is 46.3 Å². The Labute approximate surface area is 317 Å². The summed E-state index contributed by atoms with van der Waals surface area (Å²) in [5.74, 6) is -1.04. The molecule has 51 heavy (non-hydrogen) atoms. The molecule has 1 saturated heterocycles. The number of anilines is 1.